The quantitative estimate of drug-likeness (QED) is 0.751. The Morgan fingerprint density at radius 1 is 1.00 bits per heavy atom. The Morgan fingerprint density at radius 3 is 2.11 bits per heavy atom. The second kappa shape index (κ2) is 7.64. The molecule has 0 aliphatic heterocycles. The van der Waals surface area contributed by atoms with Gasteiger partial charge in [-0.25, -0.2) is 0 Å². The molecule has 2 fully saturated rings. The molecule has 112 valence electrons. The van der Waals surface area contributed by atoms with Crippen LogP contribution in [0.25, 0.3) is 0 Å². The van der Waals surface area contributed by atoms with Crippen molar-refractivity contribution in [2.75, 3.05) is 13.7 Å². The van der Waals surface area contributed by atoms with Gasteiger partial charge in [0.25, 0.3) is 0 Å². The van der Waals surface area contributed by atoms with Crippen molar-refractivity contribution < 1.29 is 4.74 Å². The lowest BCUT2D eigenvalue weighted by molar-refractivity contribution is -0.102. The van der Waals surface area contributed by atoms with Gasteiger partial charge >= 0.3 is 0 Å². The van der Waals surface area contributed by atoms with Gasteiger partial charge in [0, 0.05) is 12.6 Å². The molecule has 0 amide bonds. The Balaban J connectivity index is 2.10. The van der Waals surface area contributed by atoms with Crippen LogP contribution in [0.2, 0.25) is 0 Å². The molecule has 0 saturated heterocycles. The summed E-state index contributed by atoms with van der Waals surface area (Å²) in [7, 11) is 2.16. The molecule has 2 aliphatic rings. The van der Waals surface area contributed by atoms with E-state index in [9.17, 15) is 0 Å². The average Bonchev–Trinajstić information content (AvgIpc) is 2.70. The van der Waals surface area contributed by atoms with Crippen LogP contribution in [0.1, 0.15) is 77.6 Å². The highest BCUT2D eigenvalue weighted by Gasteiger charge is 2.43. The van der Waals surface area contributed by atoms with Crippen molar-refractivity contribution in [3.63, 3.8) is 0 Å². The van der Waals surface area contributed by atoms with Crippen molar-refractivity contribution in [1.82, 2.24) is 5.32 Å². The Labute approximate surface area is 119 Å². The van der Waals surface area contributed by atoms with Crippen LogP contribution in [-0.2, 0) is 4.74 Å². The second-order valence-corrected chi connectivity index (χ2v) is 6.58. The number of rotatable bonds is 5. The summed E-state index contributed by atoms with van der Waals surface area (Å²) in [5, 5.41) is 3.67. The third kappa shape index (κ3) is 3.72. The Bertz CT molecular complexity index is 234. The first-order chi connectivity index (χ1) is 9.32. The predicted octanol–water partition coefficient (Wildman–Crippen LogP) is 4.28. The van der Waals surface area contributed by atoms with Crippen molar-refractivity contribution in [2.45, 2.75) is 89.2 Å². The zero-order valence-corrected chi connectivity index (χ0v) is 13.0. The third-order valence-corrected chi connectivity index (χ3v) is 5.38. The monoisotopic (exact) mass is 267 g/mol. The fourth-order valence-electron chi connectivity index (χ4n) is 4.56. The van der Waals surface area contributed by atoms with Crippen LogP contribution in [0.4, 0.5) is 0 Å². The molecule has 1 N–H and O–H groups in total. The molecule has 1 unspecified atom stereocenters. The van der Waals surface area contributed by atoms with E-state index in [1.165, 1.54) is 70.6 Å². The summed E-state index contributed by atoms with van der Waals surface area (Å²) < 4.78 is 6.36. The normalized spacial score (nSPS) is 26.8. The lowest BCUT2D eigenvalue weighted by Gasteiger charge is -2.46. The maximum atomic E-state index is 6.36. The SMILES string of the molecule is CCOC1(C(NC)C2CCCCCC2)CCCCC1. The van der Waals surface area contributed by atoms with Gasteiger partial charge in [0.15, 0.2) is 0 Å². The summed E-state index contributed by atoms with van der Waals surface area (Å²) in [4.78, 5) is 0. The highest BCUT2D eigenvalue weighted by atomic mass is 16.5. The second-order valence-electron chi connectivity index (χ2n) is 6.58. The molecule has 1 atom stereocenters. The van der Waals surface area contributed by atoms with Gasteiger partial charge in [-0.15, -0.1) is 0 Å². The largest absolute Gasteiger partial charge is 0.374 e. The third-order valence-electron chi connectivity index (χ3n) is 5.38. The molecule has 2 saturated carbocycles. The minimum Gasteiger partial charge on any atom is -0.374 e. The summed E-state index contributed by atoms with van der Waals surface area (Å²) in [6.45, 7) is 3.03. The van der Waals surface area contributed by atoms with Crippen LogP contribution in [-0.4, -0.2) is 25.3 Å². The molecule has 0 aromatic heterocycles. The minimum absolute atomic E-state index is 0.136. The van der Waals surface area contributed by atoms with Crippen LogP contribution >= 0.6 is 0 Å². The Kier molecular flexibility index (Phi) is 6.15. The van der Waals surface area contributed by atoms with Crippen LogP contribution in [0.3, 0.4) is 0 Å². The van der Waals surface area contributed by atoms with Crippen molar-refractivity contribution in [3.8, 4) is 0 Å². The van der Waals surface area contributed by atoms with Gasteiger partial charge in [0.1, 0.15) is 0 Å². The first kappa shape index (κ1) is 15.3. The van der Waals surface area contributed by atoms with E-state index in [2.05, 4.69) is 19.3 Å². The maximum Gasteiger partial charge on any atom is 0.0837 e. The summed E-state index contributed by atoms with van der Waals surface area (Å²) in [6, 6.07) is 0.575. The van der Waals surface area contributed by atoms with Crippen LogP contribution in [0, 0.1) is 5.92 Å². The van der Waals surface area contributed by atoms with Gasteiger partial charge in [0.05, 0.1) is 5.60 Å². The van der Waals surface area contributed by atoms with E-state index in [4.69, 9.17) is 4.74 Å². The van der Waals surface area contributed by atoms with Gasteiger partial charge in [0.2, 0.25) is 0 Å². The number of hydrogen-bond acceptors (Lipinski definition) is 2. The molecular formula is C17H33NO. The fourth-order valence-corrected chi connectivity index (χ4v) is 4.56. The molecule has 19 heavy (non-hydrogen) atoms. The van der Waals surface area contributed by atoms with Crippen molar-refractivity contribution in [1.29, 1.82) is 0 Å². The molecule has 0 aromatic rings. The van der Waals surface area contributed by atoms with Gasteiger partial charge in [-0.3, -0.25) is 0 Å². The molecule has 2 heteroatoms. The molecule has 2 nitrogen and oxygen atoms in total. The first-order valence-corrected chi connectivity index (χ1v) is 8.63. The molecular weight excluding hydrogens is 234 g/mol. The minimum atomic E-state index is 0.136. The molecule has 0 bridgehead atoms. The summed E-state index contributed by atoms with van der Waals surface area (Å²) >= 11 is 0. The van der Waals surface area contributed by atoms with E-state index >= 15 is 0 Å². The standard InChI is InChI=1S/C17H33NO/c1-3-19-17(13-9-6-10-14-17)16(18-2)15-11-7-4-5-8-12-15/h15-16,18H,3-14H2,1-2H3. The summed E-state index contributed by atoms with van der Waals surface area (Å²) in [5.41, 5.74) is 0.136. The van der Waals surface area contributed by atoms with E-state index in [1.807, 2.05) is 0 Å². The first-order valence-electron chi connectivity index (χ1n) is 8.63. The molecule has 2 aliphatic carbocycles. The van der Waals surface area contributed by atoms with Crippen molar-refractivity contribution in [2.24, 2.45) is 5.92 Å². The highest BCUT2D eigenvalue weighted by Crippen LogP contribution is 2.40. The fraction of sp³-hybridized carbons (Fsp3) is 1.00. The van der Waals surface area contributed by atoms with Gasteiger partial charge < -0.3 is 10.1 Å². The van der Waals surface area contributed by atoms with Gasteiger partial charge in [-0.05, 0) is 45.6 Å². The van der Waals surface area contributed by atoms with E-state index in [0.717, 1.165) is 12.5 Å². The van der Waals surface area contributed by atoms with Crippen LogP contribution in [0.15, 0.2) is 0 Å². The van der Waals surface area contributed by atoms with E-state index in [1.54, 1.807) is 0 Å². The van der Waals surface area contributed by atoms with Crippen LogP contribution < -0.4 is 5.32 Å². The summed E-state index contributed by atoms with van der Waals surface area (Å²) in [6.07, 6.45) is 15.2. The van der Waals surface area contributed by atoms with E-state index < -0.39 is 0 Å². The maximum absolute atomic E-state index is 6.36. The lowest BCUT2D eigenvalue weighted by Crippen LogP contribution is -2.56. The number of likely N-dealkylation sites (N-methyl/N-ethyl adjacent to an activating group) is 1. The highest BCUT2D eigenvalue weighted by molar-refractivity contribution is 4.98. The number of ether oxygens (including phenoxy) is 1. The summed E-state index contributed by atoms with van der Waals surface area (Å²) in [5.74, 6) is 0.831. The van der Waals surface area contributed by atoms with Crippen LogP contribution in [0.5, 0.6) is 0 Å². The van der Waals surface area contributed by atoms with Gasteiger partial charge in [-0.2, -0.15) is 0 Å². The molecule has 0 radical (unpaired) electrons. The van der Waals surface area contributed by atoms with E-state index in [-0.39, 0.29) is 5.60 Å². The lowest BCUT2D eigenvalue weighted by atomic mass is 9.72. The van der Waals surface area contributed by atoms with Crippen molar-refractivity contribution in [3.05, 3.63) is 0 Å². The van der Waals surface area contributed by atoms with E-state index in [0.29, 0.717) is 6.04 Å². The zero-order valence-electron chi connectivity index (χ0n) is 13.0. The average molecular weight is 267 g/mol. The van der Waals surface area contributed by atoms with Gasteiger partial charge in [-0.1, -0.05) is 44.9 Å². The smallest absolute Gasteiger partial charge is 0.0837 e. The molecule has 0 heterocycles. The zero-order chi connectivity index (χ0) is 13.6. The molecule has 0 spiro atoms. The predicted molar refractivity (Wildman–Crippen MR) is 81.5 cm³/mol. The molecule has 2 rings (SSSR count). The Hall–Kier alpha value is -0.0800. The topological polar surface area (TPSA) is 21.3 Å². The number of nitrogens with one attached hydrogen (secondary N) is 1. The molecule has 0 aromatic carbocycles. The van der Waals surface area contributed by atoms with Crippen molar-refractivity contribution >= 4 is 0 Å². The number of hydrogen-bond donors (Lipinski definition) is 1. The Morgan fingerprint density at radius 2 is 1.58 bits per heavy atom.